The Morgan fingerprint density at radius 2 is 1.96 bits per heavy atom. The number of rotatable bonds is 7. The molecule has 1 aromatic heterocycles. The predicted octanol–water partition coefficient (Wildman–Crippen LogP) is 3.30. The molecule has 0 radical (unpaired) electrons. The monoisotopic (exact) mass is 380 g/mol. The summed E-state index contributed by atoms with van der Waals surface area (Å²) in [6.07, 6.45) is 2.14. The van der Waals surface area contributed by atoms with Crippen LogP contribution in [0.1, 0.15) is 21.9 Å². The maximum absolute atomic E-state index is 12.5. The summed E-state index contributed by atoms with van der Waals surface area (Å²) in [6, 6.07) is 15.3. The molecule has 0 saturated heterocycles. The quantitative estimate of drug-likeness (QED) is 0.626. The summed E-state index contributed by atoms with van der Waals surface area (Å²) >= 11 is 0. The first kappa shape index (κ1) is 17.9. The molecule has 3 aromatic rings. The second kappa shape index (κ2) is 8.04. The number of hydrogen-bond donors (Lipinski definition) is 0. The number of aromatic nitrogens is 1. The third-order valence-corrected chi connectivity index (χ3v) is 4.40. The van der Waals surface area contributed by atoms with Crippen LogP contribution in [0.15, 0.2) is 59.2 Å². The minimum atomic E-state index is -0.186. The van der Waals surface area contributed by atoms with E-state index in [0.717, 1.165) is 6.42 Å². The third kappa shape index (κ3) is 4.09. The van der Waals surface area contributed by atoms with E-state index >= 15 is 0 Å². The molecule has 28 heavy (non-hydrogen) atoms. The molecule has 7 nitrogen and oxygen atoms in total. The van der Waals surface area contributed by atoms with Gasteiger partial charge in [0.1, 0.15) is 12.0 Å². The van der Waals surface area contributed by atoms with Gasteiger partial charge in [-0.3, -0.25) is 4.79 Å². The van der Waals surface area contributed by atoms with Gasteiger partial charge in [-0.25, -0.2) is 4.98 Å². The van der Waals surface area contributed by atoms with E-state index in [-0.39, 0.29) is 25.0 Å². The number of nitrogens with zero attached hydrogens (tertiary/aromatic N) is 2. The molecule has 2 aromatic carbocycles. The van der Waals surface area contributed by atoms with Gasteiger partial charge in [-0.15, -0.1) is 0 Å². The van der Waals surface area contributed by atoms with Crippen molar-refractivity contribution in [3.05, 3.63) is 71.9 Å². The Kier molecular flexibility index (Phi) is 5.14. The minimum Gasteiger partial charge on any atom is -0.484 e. The van der Waals surface area contributed by atoms with Gasteiger partial charge < -0.3 is 23.5 Å². The highest BCUT2D eigenvalue weighted by atomic mass is 16.7. The van der Waals surface area contributed by atoms with Gasteiger partial charge in [0.05, 0.1) is 0 Å². The zero-order valence-corrected chi connectivity index (χ0v) is 15.5. The topological polar surface area (TPSA) is 74.0 Å². The number of carbonyl (C=O) groups excluding carboxylic acids is 1. The van der Waals surface area contributed by atoms with Crippen molar-refractivity contribution >= 4 is 5.91 Å². The smallest absolute Gasteiger partial charge is 0.275 e. The molecule has 0 bridgehead atoms. The lowest BCUT2D eigenvalue weighted by molar-refractivity contribution is 0.0790. The Labute approximate surface area is 162 Å². The van der Waals surface area contributed by atoms with E-state index < -0.39 is 0 Å². The fourth-order valence-corrected chi connectivity index (χ4v) is 2.83. The maximum Gasteiger partial charge on any atom is 0.275 e. The van der Waals surface area contributed by atoms with Crippen molar-refractivity contribution < 1.29 is 23.4 Å². The fourth-order valence-electron chi connectivity index (χ4n) is 2.83. The van der Waals surface area contributed by atoms with Crippen molar-refractivity contribution in [3.8, 4) is 17.2 Å². The fraction of sp³-hybridized carbons (Fsp3) is 0.238. The Morgan fingerprint density at radius 1 is 1.14 bits per heavy atom. The molecule has 0 spiro atoms. The summed E-state index contributed by atoms with van der Waals surface area (Å²) in [5, 5.41) is 0. The number of amides is 1. The number of ether oxygens (including phenoxy) is 3. The normalized spacial score (nSPS) is 12.0. The lowest BCUT2D eigenvalue weighted by Gasteiger charge is -2.15. The zero-order chi connectivity index (χ0) is 19.3. The average Bonchev–Trinajstić information content (AvgIpc) is 3.39. The van der Waals surface area contributed by atoms with Gasteiger partial charge in [0.15, 0.2) is 23.8 Å². The first-order valence-electron chi connectivity index (χ1n) is 8.95. The molecule has 1 aliphatic heterocycles. The van der Waals surface area contributed by atoms with Crippen LogP contribution in [0, 0.1) is 0 Å². The molecule has 1 amide bonds. The van der Waals surface area contributed by atoms with Gasteiger partial charge in [0.25, 0.3) is 5.91 Å². The van der Waals surface area contributed by atoms with E-state index in [2.05, 4.69) is 4.98 Å². The lowest BCUT2D eigenvalue weighted by atomic mass is 10.1. The van der Waals surface area contributed by atoms with Gasteiger partial charge in [-0.2, -0.15) is 0 Å². The molecule has 1 aliphatic rings. The Balaban J connectivity index is 1.31. The molecule has 7 heteroatoms. The summed E-state index contributed by atoms with van der Waals surface area (Å²) < 4.78 is 21.6. The number of benzene rings is 2. The van der Waals surface area contributed by atoms with Gasteiger partial charge in [-0.1, -0.05) is 30.3 Å². The van der Waals surface area contributed by atoms with Crippen molar-refractivity contribution in [3.63, 3.8) is 0 Å². The highest BCUT2D eigenvalue weighted by molar-refractivity contribution is 5.91. The van der Waals surface area contributed by atoms with Crippen LogP contribution in [0.25, 0.3) is 0 Å². The van der Waals surface area contributed by atoms with Crippen molar-refractivity contribution in [2.45, 2.75) is 13.0 Å². The van der Waals surface area contributed by atoms with Gasteiger partial charge in [0.2, 0.25) is 12.7 Å². The van der Waals surface area contributed by atoms with Crippen molar-refractivity contribution in [1.29, 1.82) is 0 Å². The molecule has 0 fully saturated rings. The molecule has 4 rings (SSSR count). The van der Waals surface area contributed by atoms with E-state index in [4.69, 9.17) is 18.6 Å². The average molecular weight is 380 g/mol. The number of fused-ring (bicyclic) bond motifs is 1. The van der Waals surface area contributed by atoms with Gasteiger partial charge in [0, 0.05) is 19.7 Å². The molecule has 0 atom stereocenters. The van der Waals surface area contributed by atoms with Crippen LogP contribution in [0.2, 0.25) is 0 Å². The third-order valence-electron chi connectivity index (χ3n) is 4.40. The molecule has 0 unspecified atom stereocenters. The van der Waals surface area contributed by atoms with E-state index in [9.17, 15) is 4.79 Å². The van der Waals surface area contributed by atoms with E-state index in [0.29, 0.717) is 29.7 Å². The van der Waals surface area contributed by atoms with Crippen LogP contribution in [0.4, 0.5) is 0 Å². The molecule has 0 N–H and O–H groups in total. The van der Waals surface area contributed by atoms with Crippen LogP contribution < -0.4 is 14.2 Å². The summed E-state index contributed by atoms with van der Waals surface area (Å²) in [4.78, 5) is 18.4. The highest BCUT2D eigenvalue weighted by Gasteiger charge is 2.18. The molecule has 0 aliphatic carbocycles. The molecular formula is C21H20N2O5. The molecule has 144 valence electrons. The predicted molar refractivity (Wildman–Crippen MR) is 101 cm³/mol. The Hall–Kier alpha value is -3.48. The molecule has 0 saturated carbocycles. The molecule has 2 heterocycles. The molecular weight excluding hydrogens is 360 g/mol. The summed E-state index contributed by atoms with van der Waals surface area (Å²) in [5.74, 6) is 2.08. The first-order chi connectivity index (χ1) is 13.7. The van der Waals surface area contributed by atoms with Crippen molar-refractivity contribution in [1.82, 2.24) is 9.88 Å². The maximum atomic E-state index is 12.5. The number of likely N-dealkylation sites (N-methyl/N-ethyl adjacent to an activating group) is 1. The summed E-state index contributed by atoms with van der Waals surface area (Å²) in [7, 11) is 1.75. The van der Waals surface area contributed by atoms with Crippen LogP contribution in [0.3, 0.4) is 0 Å². The highest BCUT2D eigenvalue weighted by Crippen LogP contribution is 2.35. The minimum absolute atomic E-state index is 0.112. The van der Waals surface area contributed by atoms with E-state index in [1.807, 2.05) is 30.3 Å². The van der Waals surface area contributed by atoms with Crippen molar-refractivity contribution in [2.75, 3.05) is 20.4 Å². The van der Waals surface area contributed by atoms with E-state index in [1.165, 1.54) is 11.8 Å². The Morgan fingerprint density at radius 3 is 2.82 bits per heavy atom. The SMILES string of the molecule is CN(CCc1ccccc1)C(=O)c1coc(COc2ccc3c(c2)OCO3)n1. The number of hydrogen-bond acceptors (Lipinski definition) is 6. The summed E-state index contributed by atoms with van der Waals surface area (Å²) in [5.41, 5.74) is 1.44. The van der Waals surface area contributed by atoms with E-state index in [1.54, 1.807) is 30.1 Å². The van der Waals surface area contributed by atoms with Crippen LogP contribution in [-0.4, -0.2) is 36.2 Å². The summed E-state index contributed by atoms with van der Waals surface area (Å²) in [6.45, 7) is 0.918. The van der Waals surface area contributed by atoms with Gasteiger partial charge in [-0.05, 0) is 24.1 Å². The lowest BCUT2D eigenvalue weighted by Crippen LogP contribution is -2.29. The second-order valence-corrected chi connectivity index (χ2v) is 6.39. The van der Waals surface area contributed by atoms with Gasteiger partial charge >= 0.3 is 0 Å². The Bertz CT molecular complexity index is 954. The van der Waals surface area contributed by atoms with Crippen molar-refractivity contribution in [2.24, 2.45) is 0 Å². The second-order valence-electron chi connectivity index (χ2n) is 6.39. The first-order valence-corrected chi connectivity index (χ1v) is 8.95. The van der Waals surface area contributed by atoms with Crippen LogP contribution in [0.5, 0.6) is 17.2 Å². The van der Waals surface area contributed by atoms with Crippen LogP contribution in [-0.2, 0) is 13.0 Å². The standard InChI is InChI=1S/C21H20N2O5/c1-23(10-9-15-5-3-2-4-6-15)21(24)17-12-26-20(22-17)13-25-16-7-8-18-19(11-16)28-14-27-18/h2-8,11-12H,9-10,13-14H2,1H3. The largest absolute Gasteiger partial charge is 0.484 e. The number of carbonyl (C=O) groups is 1. The number of oxazole rings is 1. The zero-order valence-electron chi connectivity index (χ0n) is 15.5. The van der Waals surface area contributed by atoms with Crippen LogP contribution >= 0.6 is 0 Å².